The van der Waals surface area contributed by atoms with E-state index in [0.717, 1.165) is 39.9 Å². The molecule has 0 aliphatic heterocycles. The maximum absolute atomic E-state index is 5.59. The molecule has 0 fully saturated rings. The van der Waals surface area contributed by atoms with Gasteiger partial charge in [-0.15, -0.1) is 0 Å². The first-order valence-corrected chi connectivity index (χ1v) is 7.13. The van der Waals surface area contributed by atoms with Crippen molar-refractivity contribution in [1.29, 1.82) is 0 Å². The molecule has 0 spiro atoms. The highest BCUT2D eigenvalue weighted by Gasteiger charge is 2.09. The van der Waals surface area contributed by atoms with Crippen LogP contribution in [-0.4, -0.2) is 21.7 Å². The second-order valence-corrected chi connectivity index (χ2v) is 5.10. The number of anilines is 2. The number of nitrogen functional groups attached to an aromatic ring is 1. The Labute approximate surface area is 126 Å². The SMILES string of the molecule is CCNc1n[nH]c2ccc(-c3ccc4oc(N)nc4c3)cc12. The van der Waals surface area contributed by atoms with Gasteiger partial charge in [0.2, 0.25) is 0 Å². The monoisotopic (exact) mass is 293 g/mol. The van der Waals surface area contributed by atoms with Crippen molar-refractivity contribution in [2.24, 2.45) is 0 Å². The average molecular weight is 293 g/mol. The molecule has 6 heteroatoms. The number of rotatable bonds is 3. The Morgan fingerprint density at radius 2 is 2.00 bits per heavy atom. The molecule has 0 amide bonds. The number of nitrogens with two attached hydrogens (primary N) is 1. The van der Waals surface area contributed by atoms with Gasteiger partial charge in [0.15, 0.2) is 11.4 Å². The molecule has 4 N–H and O–H groups in total. The second-order valence-electron chi connectivity index (χ2n) is 5.10. The maximum Gasteiger partial charge on any atom is 0.292 e. The molecule has 6 nitrogen and oxygen atoms in total. The summed E-state index contributed by atoms with van der Waals surface area (Å²) in [5.74, 6) is 0.867. The van der Waals surface area contributed by atoms with Gasteiger partial charge in [-0.1, -0.05) is 12.1 Å². The Morgan fingerprint density at radius 1 is 1.18 bits per heavy atom. The quantitative estimate of drug-likeness (QED) is 0.538. The van der Waals surface area contributed by atoms with E-state index in [4.69, 9.17) is 10.2 Å². The highest BCUT2D eigenvalue weighted by molar-refractivity contribution is 5.94. The number of H-pyrrole nitrogens is 1. The van der Waals surface area contributed by atoms with Gasteiger partial charge >= 0.3 is 0 Å². The summed E-state index contributed by atoms with van der Waals surface area (Å²) in [6, 6.07) is 12.2. The van der Waals surface area contributed by atoms with Crippen LogP contribution in [0.15, 0.2) is 40.8 Å². The average Bonchev–Trinajstić information content (AvgIpc) is 3.09. The lowest BCUT2D eigenvalue weighted by Crippen LogP contribution is -1.96. The molecule has 0 bridgehead atoms. The van der Waals surface area contributed by atoms with Crippen LogP contribution in [0.1, 0.15) is 6.92 Å². The molecule has 22 heavy (non-hydrogen) atoms. The molecule has 0 atom stereocenters. The van der Waals surface area contributed by atoms with Crippen LogP contribution in [-0.2, 0) is 0 Å². The van der Waals surface area contributed by atoms with E-state index in [1.807, 2.05) is 31.2 Å². The van der Waals surface area contributed by atoms with E-state index in [0.29, 0.717) is 5.58 Å². The highest BCUT2D eigenvalue weighted by atomic mass is 16.4. The van der Waals surface area contributed by atoms with Crippen molar-refractivity contribution in [3.8, 4) is 11.1 Å². The Morgan fingerprint density at radius 3 is 2.86 bits per heavy atom. The van der Waals surface area contributed by atoms with E-state index in [1.165, 1.54) is 0 Å². The summed E-state index contributed by atoms with van der Waals surface area (Å²) in [7, 11) is 0. The maximum atomic E-state index is 5.59. The van der Waals surface area contributed by atoms with Gasteiger partial charge in [-0.2, -0.15) is 10.1 Å². The summed E-state index contributed by atoms with van der Waals surface area (Å²) >= 11 is 0. The van der Waals surface area contributed by atoms with Crippen LogP contribution in [0, 0.1) is 0 Å². The van der Waals surface area contributed by atoms with Crippen molar-refractivity contribution >= 4 is 33.8 Å². The lowest BCUT2D eigenvalue weighted by molar-refractivity contribution is 0.626. The van der Waals surface area contributed by atoms with Crippen LogP contribution in [0.2, 0.25) is 0 Å². The fourth-order valence-corrected chi connectivity index (χ4v) is 2.62. The minimum absolute atomic E-state index is 0.187. The standard InChI is InChI=1S/C16H15N5O/c1-2-18-15-11-7-9(3-5-12(11)20-21-15)10-4-6-14-13(8-10)19-16(17)22-14/h3-8H,2H2,1H3,(H2,17,19)(H2,18,20,21). The molecule has 0 radical (unpaired) electrons. The molecule has 0 aliphatic rings. The molecule has 0 aliphatic carbocycles. The molecule has 110 valence electrons. The number of fused-ring (bicyclic) bond motifs is 2. The lowest BCUT2D eigenvalue weighted by atomic mass is 10.0. The van der Waals surface area contributed by atoms with E-state index < -0.39 is 0 Å². The van der Waals surface area contributed by atoms with Crippen LogP contribution in [0.3, 0.4) is 0 Å². The molecule has 4 rings (SSSR count). The van der Waals surface area contributed by atoms with Gasteiger partial charge < -0.3 is 15.5 Å². The Balaban J connectivity index is 1.85. The molecule has 0 saturated carbocycles. The van der Waals surface area contributed by atoms with Crippen molar-refractivity contribution in [3.63, 3.8) is 0 Å². The zero-order valence-corrected chi connectivity index (χ0v) is 12.1. The van der Waals surface area contributed by atoms with Crippen LogP contribution >= 0.6 is 0 Å². The molecule has 2 heterocycles. The predicted octanol–water partition coefficient (Wildman–Crippen LogP) is 3.39. The van der Waals surface area contributed by atoms with Crippen LogP contribution in [0.25, 0.3) is 33.1 Å². The molecular weight excluding hydrogens is 278 g/mol. The minimum Gasteiger partial charge on any atom is -0.424 e. The molecule has 2 aromatic heterocycles. The summed E-state index contributed by atoms with van der Waals surface area (Å²) in [5.41, 5.74) is 10.2. The third-order valence-electron chi connectivity index (χ3n) is 3.64. The molecule has 0 saturated heterocycles. The molecule has 0 unspecified atom stereocenters. The number of aromatic amines is 1. The van der Waals surface area contributed by atoms with E-state index in [1.54, 1.807) is 0 Å². The molecule has 2 aromatic carbocycles. The number of hydrogen-bond donors (Lipinski definition) is 3. The van der Waals surface area contributed by atoms with Crippen LogP contribution < -0.4 is 11.1 Å². The van der Waals surface area contributed by atoms with E-state index in [-0.39, 0.29) is 6.01 Å². The highest BCUT2D eigenvalue weighted by Crippen LogP contribution is 2.29. The Kier molecular flexibility index (Phi) is 2.75. The van der Waals surface area contributed by atoms with Gasteiger partial charge in [0.05, 0.1) is 5.52 Å². The van der Waals surface area contributed by atoms with Gasteiger partial charge in [-0.3, -0.25) is 5.10 Å². The number of aromatic nitrogens is 3. The van der Waals surface area contributed by atoms with Gasteiger partial charge in [0.1, 0.15) is 5.52 Å². The van der Waals surface area contributed by atoms with Crippen molar-refractivity contribution in [1.82, 2.24) is 15.2 Å². The summed E-state index contributed by atoms with van der Waals surface area (Å²) in [5, 5.41) is 11.6. The van der Waals surface area contributed by atoms with Crippen molar-refractivity contribution in [2.45, 2.75) is 6.92 Å². The first-order valence-electron chi connectivity index (χ1n) is 7.13. The van der Waals surface area contributed by atoms with E-state index in [2.05, 4.69) is 32.6 Å². The van der Waals surface area contributed by atoms with Gasteiger partial charge in [-0.05, 0) is 42.3 Å². The van der Waals surface area contributed by atoms with E-state index >= 15 is 0 Å². The zero-order chi connectivity index (χ0) is 15.1. The smallest absolute Gasteiger partial charge is 0.292 e. The lowest BCUT2D eigenvalue weighted by Gasteiger charge is -2.03. The third kappa shape index (κ3) is 1.96. The third-order valence-corrected chi connectivity index (χ3v) is 3.64. The van der Waals surface area contributed by atoms with Gasteiger partial charge in [0, 0.05) is 11.9 Å². The summed E-state index contributed by atoms with van der Waals surface area (Å²) < 4.78 is 5.31. The minimum atomic E-state index is 0.187. The van der Waals surface area contributed by atoms with Crippen molar-refractivity contribution in [3.05, 3.63) is 36.4 Å². The summed E-state index contributed by atoms with van der Waals surface area (Å²) in [6.07, 6.45) is 0. The first-order chi connectivity index (χ1) is 10.7. The van der Waals surface area contributed by atoms with Gasteiger partial charge in [-0.25, -0.2) is 0 Å². The number of oxazole rings is 1. The fraction of sp³-hybridized carbons (Fsp3) is 0.125. The Hall–Kier alpha value is -3.02. The largest absolute Gasteiger partial charge is 0.424 e. The number of hydrogen-bond acceptors (Lipinski definition) is 5. The number of benzene rings is 2. The predicted molar refractivity (Wildman–Crippen MR) is 87.7 cm³/mol. The van der Waals surface area contributed by atoms with Crippen LogP contribution in [0.5, 0.6) is 0 Å². The summed E-state index contributed by atoms with van der Waals surface area (Å²) in [4.78, 5) is 4.18. The zero-order valence-electron chi connectivity index (χ0n) is 12.1. The fourth-order valence-electron chi connectivity index (χ4n) is 2.62. The molecular formula is C16H15N5O. The van der Waals surface area contributed by atoms with Crippen molar-refractivity contribution < 1.29 is 4.42 Å². The summed E-state index contributed by atoms with van der Waals surface area (Å²) in [6.45, 7) is 2.88. The van der Waals surface area contributed by atoms with Gasteiger partial charge in [0.25, 0.3) is 6.01 Å². The normalized spacial score (nSPS) is 11.3. The second kappa shape index (κ2) is 4.77. The Bertz CT molecular complexity index is 969. The number of nitrogens with one attached hydrogen (secondary N) is 2. The van der Waals surface area contributed by atoms with E-state index in [9.17, 15) is 0 Å². The molecule has 4 aromatic rings. The van der Waals surface area contributed by atoms with Crippen LogP contribution in [0.4, 0.5) is 11.8 Å². The number of nitrogens with zero attached hydrogens (tertiary/aromatic N) is 2. The van der Waals surface area contributed by atoms with Crippen molar-refractivity contribution in [2.75, 3.05) is 17.6 Å². The first kappa shape index (κ1) is 12.7. The topological polar surface area (TPSA) is 92.8 Å².